The third kappa shape index (κ3) is 6.12. The Morgan fingerprint density at radius 3 is 2.71 bits per heavy atom. The molecule has 5 nitrogen and oxygen atoms in total. The van der Waals surface area contributed by atoms with Crippen molar-refractivity contribution in [3.63, 3.8) is 0 Å². The van der Waals surface area contributed by atoms with Crippen LogP contribution >= 0.6 is 35.3 Å². The number of ether oxygens (including phenoxy) is 1. The van der Waals surface area contributed by atoms with Crippen molar-refractivity contribution in [3.05, 3.63) is 51.7 Å². The summed E-state index contributed by atoms with van der Waals surface area (Å²) in [5.74, 6) is 0.634. The maximum Gasteiger partial charge on any atom is 0.194 e. The first-order valence-electron chi connectivity index (χ1n) is 9.46. The average Bonchev–Trinajstić information content (AvgIpc) is 3.13. The van der Waals surface area contributed by atoms with E-state index in [-0.39, 0.29) is 42.0 Å². The normalized spacial score (nSPS) is 20.0. The van der Waals surface area contributed by atoms with Crippen molar-refractivity contribution in [3.8, 4) is 0 Å². The summed E-state index contributed by atoms with van der Waals surface area (Å²) in [4.78, 5) is 11.6. The maximum absolute atomic E-state index is 13.2. The summed E-state index contributed by atoms with van der Waals surface area (Å²) in [6.07, 6.45) is 0.905. The molecular formula is C20H28FIN4OS. The van der Waals surface area contributed by atoms with Crippen molar-refractivity contribution in [1.82, 2.24) is 15.2 Å². The Kier molecular flexibility index (Phi) is 9.10. The molecule has 0 spiro atoms. The van der Waals surface area contributed by atoms with E-state index in [1.54, 1.807) is 23.5 Å². The first kappa shape index (κ1) is 23.0. The van der Waals surface area contributed by atoms with Crippen molar-refractivity contribution in [1.29, 1.82) is 0 Å². The van der Waals surface area contributed by atoms with E-state index in [9.17, 15) is 4.39 Å². The Hall–Kier alpha value is -1.26. The fourth-order valence-corrected chi connectivity index (χ4v) is 3.89. The molecule has 0 bridgehead atoms. The molecule has 8 heteroatoms. The molecule has 1 aromatic carbocycles. The first-order valence-corrected chi connectivity index (χ1v) is 10.3. The highest BCUT2D eigenvalue weighted by atomic mass is 127. The minimum absolute atomic E-state index is 0. The van der Waals surface area contributed by atoms with Crippen LogP contribution in [0.5, 0.6) is 0 Å². The van der Waals surface area contributed by atoms with Gasteiger partial charge in [0.2, 0.25) is 0 Å². The molecule has 1 saturated heterocycles. The SMILES string of the molecule is CCNC(=NCc1csc(CC)n1)N1CC(C)OC(c2ccc(F)cc2)C1.I. The van der Waals surface area contributed by atoms with Crippen molar-refractivity contribution >= 4 is 41.3 Å². The van der Waals surface area contributed by atoms with Crippen LogP contribution in [0.2, 0.25) is 0 Å². The van der Waals surface area contributed by atoms with Gasteiger partial charge in [0.05, 0.1) is 29.9 Å². The van der Waals surface area contributed by atoms with Gasteiger partial charge in [-0.1, -0.05) is 19.1 Å². The Morgan fingerprint density at radius 2 is 2.07 bits per heavy atom. The topological polar surface area (TPSA) is 49.8 Å². The van der Waals surface area contributed by atoms with Crippen LogP contribution in [0.3, 0.4) is 0 Å². The number of halogens is 2. The zero-order chi connectivity index (χ0) is 19.2. The maximum atomic E-state index is 13.2. The fourth-order valence-electron chi connectivity index (χ4n) is 3.15. The molecule has 0 saturated carbocycles. The van der Waals surface area contributed by atoms with Crippen LogP contribution in [0, 0.1) is 5.82 Å². The molecule has 154 valence electrons. The number of rotatable bonds is 5. The Morgan fingerprint density at radius 1 is 1.32 bits per heavy atom. The number of morpholine rings is 1. The lowest BCUT2D eigenvalue weighted by Gasteiger charge is -2.38. The number of nitrogens with zero attached hydrogens (tertiary/aromatic N) is 3. The second-order valence-electron chi connectivity index (χ2n) is 6.65. The van der Waals surface area contributed by atoms with Gasteiger partial charge in [0, 0.05) is 18.5 Å². The average molecular weight is 518 g/mol. The van der Waals surface area contributed by atoms with Crippen LogP contribution in [0.1, 0.15) is 43.1 Å². The minimum atomic E-state index is -0.232. The molecule has 1 fully saturated rings. The van der Waals surface area contributed by atoms with Gasteiger partial charge in [-0.15, -0.1) is 35.3 Å². The van der Waals surface area contributed by atoms with E-state index in [4.69, 9.17) is 9.73 Å². The zero-order valence-electron chi connectivity index (χ0n) is 16.5. The number of hydrogen-bond acceptors (Lipinski definition) is 4. The lowest BCUT2D eigenvalue weighted by atomic mass is 10.1. The summed E-state index contributed by atoms with van der Waals surface area (Å²) in [6, 6.07) is 6.55. The molecule has 1 aliphatic rings. The van der Waals surface area contributed by atoms with Crippen molar-refractivity contribution in [2.75, 3.05) is 19.6 Å². The second kappa shape index (κ2) is 11.1. The van der Waals surface area contributed by atoms with Crippen LogP contribution in [-0.4, -0.2) is 41.6 Å². The second-order valence-corrected chi connectivity index (χ2v) is 7.59. The first-order chi connectivity index (χ1) is 13.1. The van der Waals surface area contributed by atoms with Gasteiger partial charge in [-0.05, 0) is 38.0 Å². The number of benzene rings is 1. The molecule has 1 N–H and O–H groups in total. The number of hydrogen-bond donors (Lipinski definition) is 1. The van der Waals surface area contributed by atoms with E-state index >= 15 is 0 Å². The molecule has 2 unspecified atom stereocenters. The molecule has 2 heterocycles. The Balaban J connectivity index is 0.00000280. The number of nitrogens with one attached hydrogen (secondary N) is 1. The molecule has 3 rings (SSSR count). The summed E-state index contributed by atoms with van der Waals surface area (Å²) in [5, 5.41) is 6.60. The molecule has 0 radical (unpaired) electrons. The highest BCUT2D eigenvalue weighted by molar-refractivity contribution is 14.0. The van der Waals surface area contributed by atoms with Crippen LogP contribution < -0.4 is 5.32 Å². The van der Waals surface area contributed by atoms with Crippen LogP contribution in [0.15, 0.2) is 34.6 Å². The predicted octanol–water partition coefficient (Wildman–Crippen LogP) is 4.39. The van der Waals surface area contributed by atoms with Gasteiger partial charge in [-0.2, -0.15) is 0 Å². The molecular weight excluding hydrogens is 490 g/mol. The summed E-state index contributed by atoms with van der Waals surface area (Å²) >= 11 is 1.68. The van der Waals surface area contributed by atoms with E-state index < -0.39 is 0 Å². The van der Waals surface area contributed by atoms with Gasteiger partial charge < -0.3 is 15.0 Å². The molecule has 28 heavy (non-hydrogen) atoms. The standard InChI is InChI=1S/C20H27FN4OS.HI/c1-4-19-24-17(13-27-19)10-23-20(22-5-2)25-11-14(3)26-18(12-25)15-6-8-16(21)9-7-15;/h6-9,13-14,18H,4-5,10-12H2,1-3H3,(H,22,23);1H. The molecule has 2 aromatic rings. The van der Waals surface area contributed by atoms with Gasteiger partial charge in [0.15, 0.2) is 5.96 Å². The van der Waals surface area contributed by atoms with Crippen molar-refractivity contribution in [2.24, 2.45) is 4.99 Å². The van der Waals surface area contributed by atoms with Crippen molar-refractivity contribution in [2.45, 2.75) is 45.9 Å². The van der Waals surface area contributed by atoms with Crippen LogP contribution in [0.4, 0.5) is 4.39 Å². The fraction of sp³-hybridized carbons (Fsp3) is 0.500. The minimum Gasteiger partial charge on any atom is -0.367 e. The van der Waals surface area contributed by atoms with Gasteiger partial charge in [0.1, 0.15) is 11.9 Å². The Labute approximate surface area is 187 Å². The summed E-state index contributed by atoms with van der Waals surface area (Å²) < 4.78 is 19.3. The number of aliphatic imine (C=N–C) groups is 1. The number of guanidine groups is 1. The third-order valence-electron chi connectivity index (χ3n) is 4.43. The van der Waals surface area contributed by atoms with Gasteiger partial charge in [0.25, 0.3) is 0 Å². The highest BCUT2D eigenvalue weighted by Gasteiger charge is 2.28. The number of aromatic nitrogens is 1. The number of thiazole rings is 1. The molecule has 1 aliphatic heterocycles. The number of aryl methyl sites for hydroxylation is 1. The summed E-state index contributed by atoms with van der Waals surface area (Å²) in [7, 11) is 0. The van der Waals surface area contributed by atoms with E-state index in [0.29, 0.717) is 13.1 Å². The smallest absolute Gasteiger partial charge is 0.194 e. The molecule has 0 aliphatic carbocycles. The van der Waals surface area contributed by atoms with E-state index in [1.165, 1.54) is 12.1 Å². The van der Waals surface area contributed by atoms with Crippen LogP contribution in [-0.2, 0) is 17.7 Å². The lowest BCUT2D eigenvalue weighted by Crippen LogP contribution is -2.50. The van der Waals surface area contributed by atoms with Gasteiger partial charge in [-0.3, -0.25) is 0 Å². The third-order valence-corrected chi connectivity index (χ3v) is 5.47. The van der Waals surface area contributed by atoms with Crippen LogP contribution in [0.25, 0.3) is 0 Å². The monoisotopic (exact) mass is 518 g/mol. The van der Waals surface area contributed by atoms with Gasteiger partial charge in [-0.25, -0.2) is 14.4 Å². The zero-order valence-corrected chi connectivity index (χ0v) is 19.7. The molecule has 2 atom stereocenters. The summed E-state index contributed by atoms with van der Waals surface area (Å²) in [6.45, 7) is 9.03. The molecule has 1 aromatic heterocycles. The highest BCUT2D eigenvalue weighted by Crippen LogP contribution is 2.25. The summed E-state index contributed by atoms with van der Waals surface area (Å²) in [5.41, 5.74) is 1.99. The van der Waals surface area contributed by atoms with E-state index in [1.807, 2.05) is 0 Å². The largest absolute Gasteiger partial charge is 0.367 e. The molecule has 0 amide bonds. The van der Waals surface area contributed by atoms with Gasteiger partial charge >= 0.3 is 0 Å². The lowest BCUT2D eigenvalue weighted by molar-refractivity contribution is -0.0605. The Bertz CT molecular complexity index is 768. The van der Waals surface area contributed by atoms with E-state index in [2.05, 4.69) is 41.4 Å². The van der Waals surface area contributed by atoms with E-state index in [0.717, 1.165) is 41.7 Å². The van der Waals surface area contributed by atoms with Crippen molar-refractivity contribution < 1.29 is 9.13 Å². The quantitative estimate of drug-likeness (QED) is 0.363. The predicted molar refractivity (Wildman–Crippen MR) is 123 cm³/mol.